The molecule has 0 heterocycles. The third-order valence-electron chi connectivity index (χ3n) is 3.56. The topological polar surface area (TPSA) is 66.6 Å². The van der Waals surface area contributed by atoms with Gasteiger partial charge in [-0.3, -0.25) is 4.79 Å². The number of rotatable bonds is 5. The molecule has 0 atom stereocenters. The Morgan fingerprint density at radius 3 is 2.74 bits per heavy atom. The molecule has 0 bridgehead atoms. The second-order valence-electron chi connectivity index (χ2n) is 5.36. The van der Waals surface area contributed by atoms with E-state index in [1.807, 2.05) is 11.9 Å². The van der Waals surface area contributed by atoms with Crippen molar-refractivity contribution in [3.8, 4) is 0 Å². The van der Waals surface area contributed by atoms with Crippen LogP contribution in [-0.4, -0.2) is 35.6 Å². The molecule has 5 heteroatoms. The van der Waals surface area contributed by atoms with Crippen LogP contribution < -0.4 is 5.73 Å². The Balaban J connectivity index is 1.93. The van der Waals surface area contributed by atoms with Crippen LogP contribution in [0, 0.1) is 11.7 Å². The number of benzene rings is 1. The van der Waals surface area contributed by atoms with Gasteiger partial charge in [0, 0.05) is 24.2 Å². The number of hydrogen-bond donors (Lipinski definition) is 2. The molecule has 104 valence electrons. The lowest BCUT2D eigenvalue weighted by Crippen LogP contribution is -2.36. The van der Waals surface area contributed by atoms with Gasteiger partial charge in [0.1, 0.15) is 5.82 Å². The maximum atomic E-state index is 13.8. The number of aliphatic hydroxyl groups is 1. The molecule has 1 aromatic carbocycles. The Labute approximate surface area is 112 Å². The second kappa shape index (κ2) is 5.67. The minimum atomic E-state index is -0.623. The van der Waals surface area contributed by atoms with Gasteiger partial charge in [-0.25, -0.2) is 4.39 Å². The molecule has 1 aliphatic rings. The molecule has 0 spiro atoms. The minimum Gasteiger partial charge on any atom is -0.393 e. The third kappa shape index (κ3) is 3.52. The van der Waals surface area contributed by atoms with E-state index in [0.717, 1.165) is 19.4 Å². The Morgan fingerprint density at radius 1 is 1.53 bits per heavy atom. The van der Waals surface area contributed by atoms with Crippen molar-refractivity contribution >= 4 is 5.91 Å². The molecule has 1 saturated carbocycles. The molecular weight excluding hydrogens is 247 g/mol. The van der Waals surface area contributed by atoms with Gasteiger partial charge in [0.15, 0.2) is 0 Å². The fourth-order valence-electron chi connectivity index (χ4n) is 2.47. The predicted octanol–water partition coefficient (Wildman–Crippen LogP) is 1.13. The number of amides is 1. The molecule has 1 amide bonds. The lowest BCUT2D eigenvalue weighted by molar-refractivity contribution is 0.0272. The van der Waals surface area contributed by atoms with Crippen LogP contribution in [0.1, 0.15) is 28.8 Å². The van der Waals surface area contributed by atoms with Gasteiger partial charge in [0.25, 0.3) is 0 Å². The Morgan fingerprint density at radius 2 is 2.21 bits per heavy atom. The Kier molecular flexibility index (Phi) is 4.17. The molecule has 0 aliphatic heterocycles. The van der Waals surface area contributed by atoms with Crippen LogP contribution in [0.5, 0.6) is 0 Å². The van der Waals surface area contributed by atoms with Crippen LogP contribution in [0.25, 0.3) is 0 Å². The number of primary amides is 1. The summed E-state index contributed by atoms with van der Waals surface area (Å²) in [6.07, 6.45) is 1.49. The first-order valence-electron chi connectivity index (χ1n) is 6.40. The average Bonchev–Trinajstić information content (AvgIpc) is 2.29. The maximum absolute atomic E-state index is 13.8. The molecule has 0 saturated heterocycles. The van der Waals surface area contributed by atoms with E-state index in [9.17, 15) is 14.3 Å². The highest BCUT2D eigenvalue weighted by molar-refractivity contribution is 5.92. The van der Waals surface area contributed by atoms with Gasteiger partial charge in [-0.05, 0) is 37.9 Å². The van der Waals surface area contributed by atoms with E-state index in [1.54, 1.807) is 12.1 Å². The molecule has 1 aromatic rings. The van der Waals surface area contributed by atoms with Crippen molar-refractivity contribution < 1.29 is 14.3 Å². The fourth-order valence-corrected chi connectivity index (χ4v) is 2.47. The van der Waals surface area contributed by atoms with Gasteiger partial charge in [0.2, 0.25) is 5.91 Å². The van der Waals surface area contributed by atoms with Crippen molar-refractivity contribution in [2.45, 2.75) is 25.5 Å². The highest BCUT2D eigenvalue weighted by atomic mass is 19.1. The predicted molar refractivity (Wildman–Crippen MR) is 70.0 cm³/mol. The summed E-state index contributed by atoms with van der Waals surface area (Å²) >= 11 is 0. The molecule has 3 N–H and O–H groups in total. The van der Waals surface area contributed by atoms with E-state index in [0.29, 0.717) is 18.0 Å². The molecule has 1 fully saturated rings. The van der Waals surface area contributed by atoms with Crippen LogP contribution >= 0.6 is 0 Å². The zero-order chi connectivity index (χ0) is 14.0. The van der Waals surface area contributed by atoms with Crippen molar-refractivity contribution in [1.29, 1.82) is 0 Å². The largest absolute Gasteiger partial charge is 0.393 e. The molecule has 2 rings (SSSR count). The number of nitrogens with two attached hydrogens (primary N) is 1. The van der Waals surface area contributed by atoms with Gasteiger partial charge in [-0.1, -0.05) is 6.07 Å². The normalized spacial score (nSPS) is 22.3. The van der Waals surface area contributed by atoms with E-state index in [4.69, 9.17) is 5.73 Å². The van der Waals surface area contributed by atoms with Crippen LogP contribution in [-0.2, 0) is 6.54 Å². The quantitative estimate of drug-likeness (QED) is 0.839. The van der Waals surface area contributed by atoms with Crippen LogP contribution in [0.3, 0.4) is 0 Å². The zero-order valence-electron chi connectivity index (χ0n) is 11.0. The van der Waals surface area contributed by atoms with Gasteiger partial charge < -0.3 is 15.7 Å². The number of aliphatic hydroxyl groups excluding tert-OH is 1. The lowest BCUT2D eigenvalue weighted by atomic mass is 9.82. The smallest absolute Gasteiger partial charge is 0.248 e. The summed E-state index contributed by atoms with van der Waals surface area (Å²) in [5.41, 5.74) is 5.83. The van der Waals surface area contributed by atoms with Gasteiger partial charge in [-0.15, -0.1) is 0 Å². The number of carbonyl (C=O) groups is 1. The van der Waals surface area contributed by atoms with Crippen molar-refractivity contribution in [3.05, 3.63) is 35.1 Å². The standard InChI is InChI=1S/C14H19FN2O2/c1-17(7-9-4-12(18)5-9)8-11-3-2-10(14(16)19)6-13(11)15/h2-3,6,9,12,18H,4-5,7-8H2,1H3,(H2,16,19). The van der Waals surface area contributed by atoms with Crippen LogP contribution in [0.4, 0.5) is 4.39 Å². The number of carbonyl (C=O) groups excluding carboxylic acids is 1. The summed E-state index contributed by atoms with van der Waals surface area (Å²) in [7, 11) is 1.92. The number of halogens is 1. The zero-order valence-corrected chi connectivity index (χ0v) is 11.0. The average molecular weight is 266 g/mol. The molecule has 4 nitrogen and oxygen atoms in total. The molecule has 0 unspecified atom stereocenters. The molecule has 1 aliphatic carbocycles. The van der Waals surface area contributed by atoms with Crippen LogP contribution in [0.15, 0.2) is 18.2 Å². The van der Waals surface area contributed by atoms with Gasteiger partial charge >= 0.3 is 0 Å². The van der Waals surface area contributed by atoms with Gasteiger partial charge in [-0.2, -0.15) is 0 Å². The monoisotopic (exact) mass is 266 g/mol. The highest BCUT2D eigenvalue weighted by Crippen LogP contribution is 2.28. The Bertz CT molecular complexity index is 473. The SMILES string of the molecule is CN(Cc1ccc(C(N)=O)cc1F)CC1CC(O)C1. The fraction of sp³-hybridized carbons (Fsp3) is 0.500. The molecular formula is C14H19FN2O2. The molecule has 0 aromatic heterocycles. The van der Waals surface area contributed by atoms with Crippen molar-refractivity contribution in [2.75, 3.05) is 13.6 Å². The summed E-state index contributed by atoms with van der Waals surface area (Å²) in [6, 6.07) is 4.32. The van der Waals surface area contributed by atoms with Crippen molar-refractivity contribution in [3.63, 3.8) is 0 Å². The molecule has 19 heavy (non-hydrogen) atoms. The molecule has 0 radical (unpaired) electrons. The van der Waals surface area contributed by atoms with E-state index < -0.39 is 11.7 Å². The van der Waals surface area contributed by atoms with E-state index in [-0.39, 0.29) is 11.7 Å². The summed E-state index contributed by atoms with van der Waals surface area (Å²) in [6.45, 7) is 1.32. The first kappa shape index (κ1) is 14.0. The maximum Gasteiger partial charge on any atom is 0.248 e. The first-order valence-corrected chi connectivity index (χ1v) is 6.40. The summed E-state index contributed by atoms with van der Waals surface area (Å²) in [5, 5.41) is 9.23. The number of nitrogens with zero attached hydrogens (tertiary/aromatic N) is 1. The van der Waals surface area contributed by atoms with Crippen molar-refractivity contribution in [1.82, 2.24) is 4.90 Å². The minimum absolute atomic E-state index is 0.162. The van der Waals surface area contributed by atoms with E-state index >= 15 is 0 Å². The van der Waals surface area contributed by atoms with Crippen molar-refractivity contribution in [2.24, 2.45) is 11.7 Å². The summed E-state index contributed by atoms with van der Waals surface area (Å²) < 4.78 is 13.8. The summed E-state index contributed by atoms with van der Waals surface area (Å²) in [5.74, 6) is -0.535. The number of hydrogen-bond acceptors (Lipinski definition) is 3. The highest BCUT2D eigenvalue weighted by Gasteiger charge is 2.27. The van der Waals surface area contributed by atoms with Gasteiger partial charge in [0.05, 0.1) is 6.10 Å². The Hall–Kier alpha value is -1.46. The second-order valence-corrected chi connectivity index (χ2v) is 5.36. The summed E-state index contributed by atoms with van der Waals surface area (Å²) in [4.78, 5) is 13.0. The van der Waals surface area contributed by atoms with Crippen LogP contribution in [0.2, 0.25) is 0 Å². The van der Waals surface area contributed by atoms with E-state index in [2.05, 4.69) is 0 Å². The van der Waals surface area contributed by atoms with E-state index in [1.165, 1.54) is 6.07 Å². The first-order chi connectivity index (χ1) is 8.95. The lowest BCUT2D eigenvalue weighted by Gasteiger charge is -2.34. The third-order valence-corrected chi connectivity index (χ3v) is 3.56.